The van der Waals surface area contributed by atoms with Crippen molar-refractivity contribution in [1.29, 1.82) is 0 Å². The summed E-state index contributed by atoms with van der Waals surface area (Å²) in [5, 5.41) is 3.37. The second-order valence-corrected chi connectivity index (χ2v) is 6.76. The van der Waals surface area contributed by atoms with Crippen LogP contribution in [-0.2, 0) is 13.0 Å². The van der Waals surface area contributed by atoms with Gasteiger partial charge in [-0.1, -0.05) is 33.3 Å². The van der Waals surface area contributed by atoms with Gasteiger partial charge in [-0.05, 0) is 43.0 Å². The fourth-order valence-corrected chi connectivity index (χ4v) is 2.56. The summed E-state index contributed by atoms with van der Waals surface area (Å²) in [7, 11) is 0. The van der Waals surface area contributed by atoms with Crippen molar-refractivity contribution < 1.29 is 4.74 Å². The fraction of sp³-hybridized carbons (Fsp3) is 0.500. The smallest absolute Gasteiger partial charge is 0.223 e. The summed E-state index contributed by atoms with van der Waals surface area (Å²) in [6, 6.07) is 8.23. The van der Waals surface area contributed by atoms with E-state index in [1.807, 2.05) is 12.1 Å². The molecule has 1 atom stereocenters. The number of hydrogen-bond donors (Lipinski definition) is 2. The third kappa shape index (κ3) is 5.71. The van der Waals surface area contributed by atoms with Gasteiger partial charge in [0.15, 0.2) is 0 Å². The largest absolute Gasteiger partial charge is 0.493 e. The van der Waals surface area contributed by atoms with Gasteiger partial charge < -0.3 is 15.8 Å². The molecule has 0 fully saturated rings. The number of nitrogens with one attached hydrogen (secondary N) is 1. The molecule has 0 unspecified atom stereocenters. The van der Waals surface area contributed by atoms with Gasteiger partial charge in [0.25, 0.3) is 0 Å². The molecule has 0 amide bonds. The van der Waals surface area contributed by atoms with Crippen molar-refractivity contribution in [1.82, 2.24) is 9.97 Å². The van der Waals surface area contributed by atoms with Crippen LogP contribution < -0.4 is 15.8 Å². The number of aryl methyl sites for hydroxylation is 1. The van der Waals surface area contributed by atoms with Crippen LogP contribution in [-0.4, -0.2) is 16.6 Å². The quantitative estimate of drug-likeness (QED) is 0.718. The van der Waals surface area contributed by atoms with E-state index in [1.165, 1.54) is 0 Å². The fourth-order valence-electron chi connectivity index (χ4n) is 2.56. The zero-order valence-corrected chi connectivity index (χ0v) is 15.7. The van der Waals surface area contributed by atoms with Crippen LogP contribution in [0.3, 0.4) is 0 Å². The number of ether oxygens (including phenoxy) is 1. The number of rotatable bonds is 9. The average Bonchev–Trinajstić information content (AvgIpc) is 2.60. The summed E-state index contributed by atoms with van der Waals surface area (Å²) in [6.07, 6.45) is 3.84. The summed E-state index contributed by atoms with van der Waals surface area (Å²) in [5.74, 6) is 2.01. The maximum absolute atomic E-state index is 5.91. The Hall–Kier alpha value is -2.14. The molecule has 2 aromatic rings. The Morgan fingerprint density at radius 3 is 2.68 bits per heavy atom. The third-order valence-electron chi connectivity index (χ3n) is 3.94. The van der Waals surface area contributed by atoms with Crippen LogP contribution in [0.5, 0.6) is 5.75 Å². The van der Waals surface area contributed by atoms with Crippen molar-refractivity contribution in [3.8, 4) is 5.75 Å². The van der Waals surface area contributed by atoms with Crippen molar-refractivity contribution in [2.24, 2.45) is 11.7 Å². The van der Waals surface area contributed by atoms with Crippen LogP contribution in [0.2, 0.25) is 0 Å². The van der Waals surface area contributed by atoms with Gasteiger partial charge in [-0.3, -0.25) is 0 Å². The highest BCUT2D eigenvalue weighted by Gasteiger charge is 2.11. The lowest BCUT2D eigenvalue weighted by molar-refractivity contribution is 0.268. The molecule has 0 bridgehead atoms. The first-order valence-electron chi connectivity index (χ1n) is 9.07. The monoisotopic (exact) mass is 342 g/mol. The van der Waals surface area contributed by atoms with Crippen LogP contribution in [0, 0.1) is 5.92 Å². The molecule has 3 N–H and O–H groups in total. The molecular formula is C20H30N4O. The molecule has 0 spiro atoms. The van der Waals surface area contributed by atoms with E-state index < -0.39 is 0 Å². The Morgan fingerprint density at radius 2 is 2.00 bits per heavy atom. The number of nitrogens with two attached hydrogens (primary N) is 1. The first-order chi connectivity index (χ1) is 12.0. The Morgan fingerprint density at radius 1 is 1.20 bits per heavy atom. The van der Waals surface area contributed by atoms with E-state index in [0.29, 0.717) is 25.0 Å². The van der Waals surface area contributed by atoms with Crippen molar-refractivity contribution in [2.75, 3.05) is 11.9 Å². The van der Waals surface area contributed by atoms with E-state index in [1.54, 1.807) is 6.20 Å². The minimum absolute atomic E-state index is 0.0846. The van der Waals surface area contributed by atoms with Gasteiger partial charge in [0.2, 0.25) is 5.95 Å². The number of anilines is 1. The van der Waals surface area contributed by atoms with Crippen LogP contribution in [0.25, 0.3) is 0 Å². The van der Waals surface area contributed by atoms with Crippen LogP contribution in [0.15, 0.2) is 30.5 Å². The van der Waals surface area contributed by atoms with Gasteiger partial charge in [0.05, 0.1) is 12.6 Å². The predicted molar refractivity (Wildman–Crippen MR) is 103 cm³/mol. The van der Waals surface area contributed by atoms with E-state index in [2.05, 4.69) is 55.1 Å². The molecule has 0 saturated carbocycles. The molecule has 0 aliphatic rings. The molecule has 2 rings (SSSR count). The summed E-state index contributed by atoms with van der Waals surface area (Å²) in [5.41, 5.74) is 9.13. The molecule has 1 aromatic heterocycles. The molecule has 5 nitrogen and oxygen atoms in total. The molecule has 1 heterocycles. The number of benzene rings is 1. The minimum atomic E-state index is 0.0846. The zero-order valence-electron chi connectivity index (χ0n) is 15.7. The zero-order chi connectivity index (χ0) is 18.2. The molecule has 5 heteroatoms. The minimum Gasteiger partial charge on any atom is -0.493 e. The van der Waals surface area contributed by atoms with E-state index in [4.69, 9.17) is 10.5 Å². The molecule has 0 saturated heterocycles. The Balaban J connectivity index is 2.10. The van der Waals surface area contributed by atoms with Crippen LogP contribution >= 0.6 is 0 Å². The highest BCUT2D eigenvalue weighted by atomic mass is 16.5. The van der Waals surface area contributed by atoms with Crippen LogP contribution in [0.1, 0.15) is 57.0 Å². The SMILES string of the molecule is CCCc1ccnc(N[C@@H](C)c2ccc(OCC(C)C)c(CN)c2)n1. The van der Waals surface area contributed by atoms with Crippen molar-refractivity contribution in [2.45, 2.75) is 53.1 Å². The van der Waals surface area contributed by atoms with E-state index in [0.717, 1.165) is 35.4 Å². The molecule has 136 valence electrons. The number of aromatic nitrogens is 2. The van der Waals surface area contributed by atoms with E-state index in [9.17, 15) is 0 Å². The van der Waals surface area contributed by atoms with Gasteiger partial charge >= 0.3 is 0 Å². The Bertz CT molecular complexity index is 672. The lowest BCUT2D eigenvalue weighted by Gasteiger charge is -2.18. The first-order valence-corrected chi connectivity index (χ1v) is 9.07. The van der Waals surface area contributed by atoms with Crippen molar-refractivity contribution in [3.63, 3.8) is 0 Å². The maximum atomic E-state index is 5.91. The molecule has 25 heavy (non-hydrogen) atoms. The molecule has 0 radical (unpaired) electrons. The van der Waals surface area contributed by atoms with Crippen molar-refractivity contribution in [3.05, 3.63) is 47.3 Å². The second-order valence-electron chi connectivity index (χ2n) is 6.76. The summed E-state index contributed by atoms with van der Waals surface area (Å²) >= 11 is 0. The normalized spacial score (nSPS) is 12.2. The first kappa shape index (κ1) is 19.2. The van der Waals surface area contributed by atoms with Gasteiger partial charge in [0.1, 0.15) is 5.75 Å². The van der Waals surface area contributed by atoms with Crippen molar-refractivity contribution >= 4 is 5.95 Å². The van der Waals surface area contributed by atoms with E-state index in [-0.39, 0.29) is 6.04 Å². The second kappa shape index (κ2) is 9.37. The molecule has 1 aromatic carbocycles. The maximum Gasteiger partial charge on any atom is 0.223 e. The van der Waals surface area contributed by atoms with Gasteiger partial charge in [-0.15, -0.1) is 0 Å². The average molecular weight is 342 g/mol. The molecular weight excluding hydrogens is 312 g/mol. The molecule has 0 aliphatic carbocycles. The number of nitrogens with zero attached hydrogens (tertiary/aromatic N) is 2. The van der Waals surface area contributed by atoms with Gasteiger partial charge in [0, 0.05) is 24.0 Å². The van der Waals surface area contributed by atoms with Gasteiger partial charge in [-0.2, -0.15) is 0 Å². The summed E-state index contributed by atoms with van der Waals surface area (Å²) < 4.78 is 5.86. The predicted octanol–water partition coefficient (Wildman–Crippen LogP) is 4.10. The molecule has 0 aliphatic heterocycles. The third-order valence-corrected chi connectivity index (χ3v) is 3.94. The Kier molecular flexibility index (Phi) is 7.19. The number of hydrogen-bond acceptors (Lipinski definition) is 5. The lowest BCUT2D eigenvalue weighted by Crippen LogP contribution is -2.12. The summed E-state index contributed by atoms with van der Waals surface area (Å²) in [6.45, 7) is 9.66. The van der Waals surface area contributed by atoms with Crippen LogP contribution in [0.4, 0.5) is 5.95 Å². The highest BCUT2D eigenvalue weighted by Crippen LogP contribution is 2.25. The topological polar surface area (TPSA) is 73.1 Å². The van der Waals surface area contributed by atoms with Gasteiger partial charge in [-0.25, -0.2) is 9.97 Å². The highest BCUT2D eigenvalue weighted by molar-refractivity contribution is 5.41. The lowest BCUT2D eigenvalue weighted by atomic mass is 10.0. The standard InChI is InChI=1S/C20H30N4O/c1-5-6-18-9-10-22-20(24-18)23-15(4)16-7-8-19(17(11-16)12-21)25-13-14(2)3/h7-11,14-15H,5-6,12-13,21H2,1-4H3,(H,22,23,24)/t15-/m0/s1. The summed E-state index contributed by atoms with van der Waals surface area (Å²) in [4.78, 5) is 8.89. The van der Waals surface area contributed by atoms with E-state index >= 15 is 0 Å². The Labute approximate surface area is 151 Å².